The number of carbonyl (C=O) groups is 1. The summed E-state index contributed by atoms with van der Waals surface area (Å²) < 4.78 is 14.3. The minimum Gasteiger partial charge on any atom is -0.370 e. The quantitative estimate of drug-likeness (QED) is 0.910. The molecule has 23 heavy (non-hydrogen) atoms. The molecule has 5 nitrogen and oxygen atoms in total. The van der Waals surface area contributed by atoms with Crippen LogP contribution in [0.4, 0.5) is 15.8 Å². The fourth-order valence-electron chi connectivity index (χ4n) is 3.09. The Hall–Kier alpha value is -2.37. The second kappa shape index (κ2) is 5.68. The van der Waals surface area contributed by atoms with Crippen molar-refractivity contribution in [1.82, 2.24) is 10.2 Å². The second-order valence-electron chi connectivity index (χ2n) is 6.27. The number of hydrogen-bond donors (Lipinski definition) is 2. The fraction of sp³-hybridized carbons (Fsp3) is 0.412. The Labute approximate surface area is 133 Å². The van der Waals surface area contributed by atoms with Gasteiger partial charge in [-0.25, -0.2) is 4.39 Å². The number of hydrogen-bond acceptors (Lipinski definition) is 3. The maximum absolute atomic E-state index is 14.3. The minimum absolute atomic E-state index is 0.246. The third-order valence-corrected chi connectivity index (χ3v) is 4.52. The number of halogens is 1. The van der Waals surface area contributed by atoms with Gasteiger partial charge in [0.15, 0.2) is 5.69 Å². The molecule has 1 aliphatic carbocycles. The number of benzene rings is 1. The Bertz CT molecular complexity index is 732. The number of H-pyrrole nitrogens is 1. The zero-order valence-corrected chi connectivity index (χ0v) is 12.8. The van der Waals surface area contributed by atoms with Crippen molar-refractivity contribution in [2.45, 2.75) is 31.6 Å². The van der Waals surface area contributed by atoms with Crippen LogP contribution in [-0.4, -0.2) is 29.2 Å². The fourth-order valence-corrected chi connectivity index (χ4v) is 3.09. The van der Waals surface area contributed by atoms with Crippen molar-refractivity contribution in [3.05, 3.63) is 41.5 Å². The Morgan fingerprint density at radius 1 is 1.30 bits per heavy atom. The molecule has 1 aromatic carbocycles. The summed E-state index contributed by atoms with van der Waals surface area (Å²) in [5.74, 6) is -0.294. The first-order valence-electron chi connectivity index (χ1n) is 8.12. The summed E-state index contributed by atoms with van der Waals surface area (Å²) in [6.07, 6.45) is 4.45. The molecule has 1 aromatic heterocycles. The minimum atomic E-state index is -0.416. The van der Waals surface area contributed by atoms with Gasteiger partial charge in [0, 0.05) is 24.7 Å². The van der Waals surface area contributed by atoms with Crippen molar-refractivity contribution < 1.29 is 9.18 Å². The molecule has 6 heteroatoms. The Kier molecular flexibility index (Phi) is 3.52. The smallest absolute Gasteiger partial charge is 0.276 e. The van der Waals surface area contributed by atoms with E-state index in [-0.39, 0.29) is 11.6 Å². The summed E-state index contributed by atoms with van der Waals surface area (Å²) in [7, 11) is 0. The summed E-state index contributed by atoms with van der Waals surface area (Å²) in [5.41, 5.74) is 2.29. The molecule has 120 valence electrons. The maximum atomic E-state index is 14.3. The maximum Gasteiger partial charge on any atom is 0.276 e. The second-order valence-corrected chi connectivity index (χ2v) is 6.27. The number of para-hydroxylation sites is 1. The van der Waals surface area contributed by atoms with E-state index in [0.717, 1.165) is 50.2 Å². The average Bonchev–Trinajstić information content (AvgIpc) is 3.06. The van der Waals surface area contributed by atoms with E-state index < -0.39 is 5.82 Å². The van der Waals surface area contributed by atoms with E-state index in [1.165, 1.54) is 6.07 Å². The van der Waals surface area contributed by atoms with Crippen molar-refractivity contribution >= 4 is 17.3 Å². The van der Waals surface area contributed by atoms with Crippen molar-refractivity contribution in [2.75, 3.05) is 23.3 Å². The zero-order valence-electron chi connectivity index (χ0n) is 12.8. The largest absolute Gasteiger partial charge is 0.370 e. The summed E-state index contributed by atoms with van der Waals surface area (Å²) in [4.78, 5) is 14.5. The van der Waals surface area contributed by atoms with Crippen LogP contribution in [0.5, 0.6) is 0 Å². The average molecular weight is 314 g/mol. The highest BCUT2D eigenvalue weighted by atomic mass is 19.1. The number of rotatable bonds is 4. The van der Waals surface area contributed by atoms with Gasteiger partial charge in [-0.1, -0.05) is 6.07 Å². The molecule has 0 unspecified atom stereocenters. The zero-order chi connectivity index (χ0) is 15.8. The highest BCUT2D eigenvalue weighted by molar-refractivity contribution is 6.04. The van der Waals surface area contributed by atoms with Gasteiger partial charge in [0.2, 0.25) is 0 Å². The van der Waals surface area contributed by atoms with Crippen LogP contribution in [0.3, 0.4) is 0 Å². The van der Waals surface area contributed by atoms with Crippen LogP contribution in [0, 0.1) is 5.82 Å². The molecule has 2 fully saturated rings. The van der Waals surface area contributed by atoms with Gasteiger partial charge in [0.05, 0.1) is 5.69 Å². The van der Waals surface area contributed by atoms with Gasteiger partial charge >= 0.3 is 0 Å². The number of nitrogens with zero attached hydrogens (tertiary/aromatic N) is 2. The highest BCUT2D eigenvalue weighted by Gasteiger charge is 2.27. The number of carbonyl (C=O) groups excluding carboxylic acids is 1. The first-order chi connectivity index (χ1) is 11.2. The first-order valence-corrected chi connectivity index (χ1v) is 8.12. The molecule has 1 saturated heterocycles. The number of aromatic amines is 1. The third-order valence-electron chi connectivity index (χ3n) is 4.52. The van der Waals surface area contributed by atoms with Crippen molar-refractivity contribution in [2.24, 2.45) is 0 Å². The molecule has 4 rings (SSSR count). The van der Waals surface area contributed by atoms with E-state index in [4.69, 9.17) is 0 Å². The molecular formula is C17H19FN4O. The number of amides is 1. The third kappa shape index (κ3) is 2.81. The number of anilines is 2. The topological polar surface area (TPSA) is 61.0 Å². The predicted octanol–water partition coefficient (Wildman–Crippen LogP) is 3.28. The lowest BCUT2D eigenvalue weighted by Crippen LogP contribution is -2.22. The molecule has 0 bridgehead atoms. The predicted molar refractivity (Wildman–Crippen MR) is 86.4 cm³/mol. The lowest BCUT2D eigenvalue weighted by molar-refractivity contribution is 0.102. The van der Waals surface area contributed by atoms with Crippen molar-refractivity contribution in [3.8, 4) is 0 Å². The monoisotopic (exact) mass is 314 g/mol. The van der Waals surface area contributed by atoms with Crippen LogP contribution in [0.25, 0.3) is 0 Å². The van der Waals surface area contributed by atoms with Gasteiger partial charge in [-0.05, 0) is 43.9 Å². The van der Waals surface area contributed by atoms with Crippen LogP contribution in [0.1, 0.15) is 47.8 Å². The molecule has 0 spiro atoms. The summed E-state index contributed by atoms with van der Waals surface area (Å²) in [6.45, 7) is 1.78. The van der Waals surface area contributed by atoms with E-state index in [1.807, 2.05) is 6.07 Å². The van der Waals surface area contributed by atoms with Crippen molar-refractivity contribution in [1.29, 1.82) is 0 Å². The van der Waals surface area contributed by atoms with E-state index >= 15 is 0 Å². The molecule has 2 aromatic rings. The van der Waals surface area contributed by atoms with Gasteiger partial charge in [-0.2, -0.15) is 5.10 Å². The number of aromatic nitrogens is 2. The molecule has 2 heterocycles. The lowest BCUT2D eigenvalue weighted by atomic mass is 10.2. The summed E-state index contributed by atoms with van der Waals surface area (Å²) in [6, 6.07) is 6.67. The van der Waals surface area contributed by atoms with Gasteiger partial charge in [-0.15, -0.1) is 0 Å². The SMILES string of the molecule is O=C(Nc1c(F)cccc1N1CCCC1)c1cc(C2CC2)[nH]n1. The molecule has 1 amide bonds. The van der Waals surface area contributed by atoms with E-state index in [0.29, 0.717) is 11.6 Å². The van der Waals surface area contributed by atoms with E-state index in [1.54, 1.807) is 12.1 Å². The summed E-state index contributed by atoms with van der Waals surface area (Å²) in [5, 5.41) is 9.67. The first kappa shape index (κ1) is 14.2. The van der Waals surface area contributed by atoms with Crippen LogP contribution < -0.4 is 10.2 Å². The Morgan fingerprint density at radius 3 is 2.83 bits per heavy atom. The van der Waals surface area contributed by atoms with Crippen LogP contribution >= 0.6 is 0 Å². The van der Waals surface area contributed by atoms with E-state index in [2.05, 4.69) is 20.4 Å². The summed E-state index contributed by atoms with van der Waals surface area (Å²) >= 11 is 0. The van der Waals surface area contributed by atoms with Crippen LogP contribution in [0.2, 0.25) is 0 Å². The molecule has 0 radical (unpaired) electrons. The molecular weight excluding hydrogens is 295 g/mol. The Morgan fingerprint density at radius 2 is 2.09 bits per heavy atom. The van der Waals surface area contributed by atoms with Gasteiger partial charge in [0.1, 0.15) is 11.5 Å². The number of nitrogens with one attached hydrogen (secondary N) is 2. The van der Waals surface area contributed by atoms with Crippen LogP contribution in [-0.2, 0) is 0 Å². The molecule has 1 saturated carbocycles. The van der Waals surface area contributed by atoms with Crippen molar-refractivity contribution in [3.63, 3.8) is 0 Å². The Balaban J connectivity index is 1.58. The van der Waals surface area contributed by atoms with Gasteiger partial charge < -0.3 is 10.2 Å². The molecule has 2 N–H and O–H groups in total. The normalized spacial score (nSPS) is 17.5. The van der Waals surface area contributed by atoms with E-state index in [9.17, 15) is 9.18 Å². The van der Waals surface area contributed by atoms with Gasteiger partial charge in [0.25, 0.3) is 5.91 Å². The molecule has 2 aliphatic rings. The highest BCUT2D eigenvalue weighted by Crippen LogP contribution is 2.39. The molecule has 1 aliphatic heterocycles. The standard InChI is InChI=1S/C17H19FN4O/c18-12-4-3-5-15(22-8-1-2-9-22)16(12)19-17(23)14-10-13(20-21-14)11-6-7-11/h3-5,10-11H,1-2,6-9H2,(H,19,23)(H,20,21). The van der Waals surface area contributed by atoms with Crippen LogP contribution in [0.15, 0.2) is 24.3 Å². The lowest BCUT2D eigenvalue weighted by Gasteiger charge is -2.21. The molecule has 0 atom stereocenters. The van der Waals surface area contributed by atoms with Gasteiger partial charge in [-0.3, -0.25) is 9.89 Å².